The Labute approximate surface area is 158 Å². The van der Waals surface area contributed by atoms with Gasteiger partial charge in [-0.3, -0.25) is 9.88 Å². The molecule has 0 spiro atoms. The molecule has 3 rings (SSSR count). The predicted molar refractivity (Wildman–Crippen MR) is 105 cm³/mol. The number of pyridine rings is 1. The first-order valence-corrected chi connectivity index (χ1v) is 9.46. The number of hydrogen-bond acceptors (Lipinski definition) is 5. The lowest BCUT2D eigenvalue weighted by molar-refractivity contribution is 0.0343. The number of morpholine rings is 1. The number of aromatic nitrogens is 1. The van der Waals surface area contributed by atoms with Gasteiger partial charge in [0.25, 0.3) is 0 Å². The van der Waals surface area contributed by atoms with Gasteiger partial charge in [-0.2, -0.15) is 0 Å². The Hall–Kier alpha value is -0.720. The summed E-state index contributed by atoms with van der Waals surface area (Å²) in [7, 11) is 0. The summed E-state index contributed by atoms with van der Waals surface area (Å²) in [5.41, 5.74) is 2.75. The lowest BCUT2D eigenvalue weighted by Gasteiger charge is -2.28. The summed E-state index contributed by atoms with van der Waals surface area (Å²) in [4.78, 5) is 9.37. The molecule has 5 nitrogen and oxygen atoms in total. The molecule has 6 heteroatoms. The molecular formula is C19H33ClN4O. The van der Waals surface area contributed by atoms with Crippen LogP contribution >= 0.6 is 12.4 Å². The quantitative estimate of drug-likeness (QED) is 0.708. The second-order valence-electron chi connectivity index (χ2n) is 7.10. The SMILES string of the molecule is Cc1ccncc1CCCNC1CCN(CCN2CCOCC2)C1.Cl. The van der Waals surface area contributed by atoms with Gasteiger partial charge in [-0.25, -0.2) is 0 Å². The zero-order chi connectivity index (χ0) is 16.6. The Morgan fingerprint density at radius 2 is 2.00 bits per heavy atom. The minimum absolute atomic E-state index is 0. The maximum Gasteiger partial charge on any atom is 0.0594 e. The number of nitrogens with one attached hydrogen (secondary N) is 1. The van der Waals surface area contributed by atoms with E-state index in [1.807, 2.05) is 12.4 Å². The van der Waals surface area contributed by atoms with Crippen LogP contribution in [0, 0.1) is 6.92 Å². The molecule has 0 aromatic carbocycles. The number of nitrogens with zero attached hydrogens (tertiary/aromatic N) is 3. The molecule has 25 heavy (non-hydrogen) atoms. The van der Waals surface area contributed by atoms with Crippen LogP contribution in [0.3, 0.4) is 0 Å². The van der Waals surface area contributed by atoms with Crippen LogP contribution < -0.4 is 5.32 Å². The second-order valence-corrected chi connectivity index (χ2v) is 7.10. The van der Waals surface area contributed by atoms with Gasteiger partial charge in [0.05, 0.1) is 13.2 Å². The molecule has 1 atom stereocenters. The van der Waals surface area contributed by atoms with Crippen molar-refractivity contribution < 1.29 is 4.74 Å². The number of likely N-dealkylation sites (tertiary alicyclic amines) is 1. The summed E-state index contributed by atoms with van der Waals surface area (Å²) >= 11 is 0. The largest absolute Gasteiger partial charge is 0.379 e. The Morgan fingerprint density at radius 1 is 1.20 bits per heavy atom. The Balaban J connectivity index is 0.00000225. The van der Waals surface area contributed by atoms with Crippen LogP contribution in [0.2, 0.25) is 0 Å². The molecule has 1 unspecified atom stereocenters. The summed E-state index contributed by atoms with van der Waals surface area (Å²) in [6, 6.07) is 2.77. The number of hydrogen-bond donors (Lipinski definition) is 1. The Morgan fingerprint density at radius 3 is 2.80 bits per heavy atom. The van der Waals surface area contributed by atoms with Crippen LogP contribution in [-0.2, 0) is 11.2 Å². The van der Waals surface area contributed by atoms with E-state index in [0.717, 1.165) is 39.3 Å². The predicted octanol–water partition coefficient (Wildman–Crippen LogP) is 1.74. The highest BCUT2D eigenvalue weighted by Gasteiger charge is 2.22. The number of aryl methyl sites for hydroxylation is 2. The van der Waals surface area contributed by atoms with Crippen molar-refractivity contribution in [3.8, 4) is 0 Å². The molecule has 0 bridgehead atoms. The summed E-state index contributed by atoms with van der Waals surface area (Å²) in [6.07, 6.45) is 7.49. The highest BCUT2D eigenvalue weighted by atomic mass is 35.5. The van der Waals surface area contributed by atoms with Gasteiger partial charge in [-0.1, -0.05) is 0 Å². The third-order valence-corrected chi connectivity index (χ3v) is 5.31. The number of rotatable bonds is 8. The summed E-state index contributed by atoms with van der Waals surface area (Å²) < 4.78 is 5.41. The average molecular weight is 369 g/mol. The molecule has 1 aromatic rings. The molecule has 2 fully saturated rings. The van der Waals surface area contributed by atoms with Crippen LogP contribution in [0.5, 0.6) is 0 Å². The molecule has 2 aliphatic heterocycles. The normalized spacial score (nSPS) is 22.0. The Kier molecular flexibility index (Phi) is 9.13. The van der Waals surface area contributed by atoms with Crippen molar-refractivity contribution in [1.29, 1.82) is 0 Å². The number of ether oxygens (including phenoxy) is 1. The maximum absolute atomic E-state index is 5.41. The van der Waals surface area contributed by atoms with Crippen molar-refractivity contribution in [1.82, 2.24) is 20.1 Å². The smallest absolute Gasteiger partial charge is 0.0594 e. The molecule has 1 aromatic heterocycles. The lowest BCUT2D eigenvalue weighted by atomic mass is 10.1. The van der Waals surface area contributed by atoms with E-state index in [1.54, 1.807) is 0 Å². The van der Waals surface area contributed by atoms with Gasteiger partial charge < -0.3 is 15.0 Å². The third kappa shape index (κ3) is 6.83. The first-order chi connectivity index (χ1) is 11.8. The average Bonchev–Trinajstić information content (AvgIpc) is 3.07. The first kappa shape index (κ1) is 20.6. The molecule has 0 radical (unpaired) electrons. The van der Waals surface area contributed by atoms with Crippen LogP contribution in [0.1, 0.15) is 24.0 Å². The molecular weight excluding hydrogens is 336 g/mol. The highest BCUT2D eigenvalue weighted by Crippen LogP contribution is 2.11. The van der Waals surface area contributed by atoms with Gasteiger partial charge in [0.2, 0.25) is 0 Å². The van der Waals surface area contributed by atoms with Gasteiger partial charge in [0.15, 0.2) is 0 Å². The topological polar surface area (TPSA) is 40.6 Å². The fraction of sp³-hybridized carbons (Fsp3) is 0.737. The molecule has 1 N–H and O–H groups in total. The van der Waals surface area contributed by atoms with Crippen LogP contribution in [0.25, 0.3) is 0 Å². The standard InChI is InChI=1S/C19H32N4O.ClH/c1-17-4-7-20-15-18(17)3-2-6-21-19-5-8-23(16-19)10-9-22-11-13-24-14-12-22;/h4,7,15,19,21H,2-3,5-6,8-14,16H2,1H3;1H. The second kappa shape index (κ2) is 11.1. The van der Waals surface area contributed by atoms with E-state index < -0.39 is 0 Å². The van der Waals surface area contributed by atoms with Crippen LogP contribution in [0.15, 0.2) is 18.5 Å². The molecule has 3 heterocycles. The van der Waals surface area contributed by atoms with Crippen molar-refractivity contribution in [2.75, 3.05) is 59.0 Å². The number of halogens is 1. The minimum Gasteiger partial charge on any atom is -0.379 e. The van der Waals surface area contributed by atoms with Gasteiger partial charge in [-0.15, -0.1) is 12.4 Å². The first-order valence-electron chi connectivity index (χ1n) is 9.46. The minimum atomic E-state index is 0. The zero-order valence-electron chi connectivity index (χ0n) is 15.5. The van der Waals surface area contributed by atoms with Gasteiger partial charge >= 0.3 is 0 Å². The van der Waals surface area contributed by atoms with Crippen molar-refractivity contribution >= 4 is 12.4 Å². The highest BCUT2D eigenvalue weighted by molar-refractivity contribution is 5.85. The Bertz CT molecular complexity index is 496. The fourth-order valence-electron chi connectivity index (χ4n) is 3.65. The van der Waals surface area contributed by atoms with Crippen LogP contribution in [-0.4, -0.2) is 79.9 Å². The lowest BCUT2D eigenvalue weighted by Crippen LogP contribution is -2.41. The van der Waals surface area contributed by atoms with Crippen molar-refractivity contribution in [2.45, 2.75) is 32.2 Å². The van der Waals surface area contributed by atoms with Crippen molar-refractivity contribution in [3.63, 3.8) is 0 Å². The van der Waals surface area contributed by atoms with Crippen molar-refractivity contribution in [3.05, 3.63) is 29.6 Å². The van der Waals surface area contributed by atoms with E-state index >= 15 is 0 Å². The van der Waals surface area contributed by atoms with E-state index in [2.05, 4.69) is 33.1 Å². The van der Waals surface area contributed by atoms with E-state index in [4.69, 9.17) is 4.74 Å². The summed E-state index contributed by atoms with van der Waals surface area (Å²) in [5.74, 6) is 0. The summed E-state index contributed by atoms with van der Waals surface area (Å²) in [5, 5.41) is 3.74. The van der Waals surface area contributed by atoms with Gasteiger partial charge in [0, 0.05) is 51.2 Å². The van der Waals surface area contributed by atoms with Crippen molar-refractivity contribution in [2.24, 2.45) is 0 Å². The van der Waals surface area contributed by atoms with Crippen LogP contribution in [0.4, 0.5) is 0 Å². The fourth-order valence-corrected chi connectivity index (χ4v) is 3.65. The molecule has 0 saturated carbocycles. The molecule has 0 amide bonds. The van der Waals surface area contributed by atoms with Gasteiger partial charge in [0.1, 0.15) is 0 Å². The van der Waals surface area contributed by atoms with E-state index in [1.165, 1.54) is 50.1 Å². The van der Waals surface area contributed by atoms with Gasteiger partial charge in [-0.05, 0) is 56.5 Å². The van der Waals surface area contributed by atoms with E-state index in [-0.39, 0.29) is 12.4 Å². The molecule has 142 valence electrons. The molecule has 2 aliphatic rings. The monoisotopic (exact) mass is 368 g/mol. The maximum atomic E-state index is 5.41. The molecule has 2 saturated heterocycles. The zero-order valence-corrected chi connectivity index (χ0v) is 16.3. The van der Waals surface area contributed by atoms with E-state index in [9.17, 15) is 0 Å². The third-order valence-electron chi connectivity index (χ3n) is 5.31. The van der Waals surface area contributed by atoms with E-state index in [0.29, 0.717) is 6.04 Å². The molecule has 0 aliphatic carbocycles. The summed E-state index contributed by atoms with van der Waals surface area (Å²) in [6.45, 7) is 12.1.